The van der Waals surface area contributed by atoms with Crippen molar-refractivity contribution in [3.63, 3.8) is 0 Å². The largest absolute Gasteiger partial charge is 0.396 e. The van der Waals surface area contributed by atoms with Gasteiger partial charge in [-0.2, -0.15) is 0 Å². The molecule has 0 radical (unpaired) electrons. The molecule has 1 aromatic rings. The topological polar surface area (TPSA) is 98.2 Å². The summed E-state index contributed by atoms with van der Waals surface area (Å²) in [7, 11) is -3.77. The SMILES string of the molecule is CC1(CNc2cccc(S(N)(=O)=O)c2N)CCCC1. The number of nitrogens with one attached hydrogen (secondary N) is 1. The van der Waals surface area contributed by atoms with Gasteiger partial charge in [-0.3, -0.25) is 0 Å². The second-order valence-corrected chi connectivity index (χ2v) is 7.16. The molecule has 0 unspecified atom stereocenters. The first-order valence-electron chi connectivity index (χ1n) is 6.47. The molecule has 0 saturated heterocycles. The molecule has 0 bridgehead atoms. The third-order valence-corrected chi connectivity index (χ3v) is 4.86. The van der Waals surface area contributed by atoms with Crippen molar-refractivity contribution in [1.29, 1.82) is 0 Å². The van der Waals surface area contributed by atoms with Crippen LogP contribution in [-0.4, -0.2) is 15.0 Å². The molecule has 0 spiro atoms. The van der Waals surface area contributed by atoms with E-state index in [1.807, 2.05) is 0 Å². The predicted octanol–water partition coefficient (Wildman–Crippen LogP) is 1.91. The molecular weight excluding hydrogens is 262 g/mol. The Labute approximate surface area is 114 Å². The fourth-order valence-electron chi connectivity index (χ4n) is 2.66. The van der Waals surface area contributed by atoms with Crippen LogP contribution in [0.4, 0.5) is 11.4 Å². The van der Waals surface area contributed by atoms with Gasteiger partial charge >= 0.3 is 0 Å². The van der Waals surface area contributed by atoms with Crippen molar-refractivity contribution in [3.8, 4) is 0 Å². The molecule has 0 atom stereocenters. The van der Waals surface area contributed by atoms with Gasteiger partial charge in [0, 0.05) is 6.54 Å². The van der Waals surface area contributed by atoms with E-state index in [0.717, 1.165) is 6.54 Å². The van der Waals surface area contributed by atoms with Gasteiger partial charge in [-0.15, -0.1) is 0 Å². The molecule has 1 aliphatic carbocycles. The van der Waals surface area contributed by atoms with Crippen LogP contribution in [0.25, 0.3) is 0 Å². The van der Waals surface area contributed by atoms with Gasteiger partial charge in [0.05, 0.1) is 11.4 Å². The highest BCUT2D eigenvalue weighted by molar-refractivity contribution is 7.89. The molecule has 1 aromatic carbocycles. The summed E-state index contributed by atoms with van der Waals surface area (Å²) in [6.07, 6.45) is 4.89. The summed E-state index contributed by atoms with van der Waals surface area (Å²) in [4.78, 5) is -0.0194. The van der Waals surface area contributed by atoms with E-state index in [-0.39, 0.29) is 16.0 Å². The van der Waals surface area contributed by atoms with E-state index in [9.17, 15) is 8.42 Å². The smallest absolute Gasteiger partial charge is 0.240 e. The van der Waals surface area contributed by atoms with Crippen LogP contribution in [0, 0.1) is 5.41 Å². The monoisotopic (exact) mass is 283 g/mol. The minimum absolute atomic E-state index is 0.0194. The van der Waals surface area contributed by atoms with Gasteiger partial charge in [-0.05, 0) is 30.4 Å². The fraction of sp³-hybridized carbons (Fsp3) is 0.538. The molecule has 0 aliphatic heterocycles. The van der Waals surface area contributed by atoms with Crippen molar-refractivity contribution < 1.29 is 8.42 Å². The number of nitrogen functional groups attached to an aromatic ring is 1. The minimum atomic E-state index is -3.77. The molecule has 106 valence electrons. The van der Waals surface area contributed by atoms with Crippen molar-refractivity contribution in [1.82, 2.24) is 0 Å². The second kappa shape index (κ2) is 5.02. The lowest BCUT2D eigenvalue weighted by atomic mass is 9.89. The maximum absolute atomic E-state index is 11.4. The van der Waals surface area contributed by atoms with Gasteiger partial charge in [-0.1, -0.05) is 25.8 Å². The summed E-state index contributed by atoms with van der Waals surface area (Å²) < 4.78 is 22.8. The minimum Gasteiger partial charge on any atom is -0.396 e. The normalized spacial score (nSPS) is 18.4. The summed E-state index contributed by atoms with van der Waals surface area (Å²) >= 11 is 0. The molecule has 0 amide bonds. The van der Waals surface area contributed by atoms with Crippen LogP contribution in [0.2, 0.25) is 0 Å². The second-order valence-electron chi connectivity index (χ2n) is 5.63. The molecule has 1 fully saturated rings. The Morgan fingerprint density at radius 3 is 2.53 bits per heavy atom. The lowest BCUT2D eigenvalue weighted by Gasteiger charge is -2.25. The quantitative estimate of drug-likeness (QED) is 0.735. The Morgan fingerprint density at radius 2 is 1.95 bits per heavy atom. The molecule has 19 heavy (non-hydrogen) atoms. The highest BCUT2D eigenvalue weighted by Gasteiger charge is 2.28. The zero-order chi connectivity index (χ0) is 14.1. The molecular formula is C13H21N3O2S. The van der Waals surface area contributed by atoms with Crippen LogP contribution < -0.4 is 16.2 Å². The van der Waals surface area contributed by atoms with E-state index in [4.69, 9.17) is 10.9 Å². The highest BCUT2D eigenvalue weighted by atomic mass is 32.2. The van der Waals surface area contributed by atoms with Gasteiger partial charge < -0.3 is 11.1 Å². The Morgan fingerprint density at radius 1 is 1.32 bits per heavy atom. The Kier molecular flexibility index (Phi) is 3.73. The zero-order valence-electron chi connectivity index (χ0n) is 11.1. The first-order chi connectivity index (χ1) is 8.82. The number of benzene rings is 1. The molecule has 0 aromatic heterocycles. The number of rotatable bonds is 4. The lowest BCUT2D eigenvalue weighted by Crippen LogP contribution is -2.24. The maximum Gasteiger partial charge on any atom is 0.240 e. The van der Waals surface area contributed by atoms with E-state index in [0.29, 0.717) is 5.69 Å². The molecule has 5 nitrogen and oxygen atoms in total. The average molecular weight is 283 g/mol. The van der Waals surface area contributed by atoms with Gasteiger partial charge in [0.15, 0.2) is 0 Å². The molecule has 1 aliphatic rings. The van der Waals surface area contributed by atoms with Crippen molar-refractivity contribution in [2.75, 3.05) is 17.6 Å². The van der Waals surface area contributed by atoms with E-state index in [1.165, 1.54) is 31.7 Å². The van der Waals surface area contributed by atoms with Gasteiger partial charge in [-0.25, -0.2) is 13.6 Å². The van der Waals surface area contributed by atoms with Gasteiger partial charge in [0.2, 0.25) is 10.0 Å². The number of hydrogen-bond donors (Lipinski definition) is 3. The standard InChI is InChI=1S/C13H21N3O2S/c1-13(7-2-3-8-13)9-16-10-5-4-6-11(12(10)14)19(15,17)18/h4-6,16H,2-3,7-9,14H2,1H3,(H2,15,17,18). The number of nitrogens with two attached hydrogens (primary N) is 2. The fourth-order valence-corrected chi connectivity index (χ4v) is 3.34. The molecule has 0 heterocycles. The third kappa shape index (κ3) is 3.19. The van der Waals surface area contributed by atoms with E-state index in [1.54, 1.807) is 12.1 Å². The first kappa shape index (κ1) is 14.1. The Bertz CT molecular complexity index is 563. The lowest BCUT2D eigenvalue weighted by molar-refractivity contribution is 0.362. The van der Waals surface area contributed by atoms with Crippen LogP contribution in [0.15, 0.2) is 23.1 Å². The summed E-state index contributed by atoms with van der Waals surface area (Å²) in [6, 6.07) is 4.85. The number of sulfonamides is 1. The van der Waals surface area contributed by atoms with Crippen molar-refractivity contribution >= 4 is 21.4 Å². The summed E-state index contributed by atoms with van der Waals surface area (Å²) in [5, 5.41) is 8.40. The predicted molar refractivity (Wildman–Crippen MR) is 77.3 cm³/mol. The molecule has 6 heteroatoms. The highest BCUT2D eigenvalue weighted by Crippen LogP contribution is 2.38. The van der Waals surface area contributed by atoms with Gasteiger partial charge in [0.1, 0.15) is 4.90 Å². The van der Waals surface area contributed by atoms with Crippen LogP contribution in [-0.2, 0) is 10.0 Å². The van der Waals surface area contributed by atoms with E-state index < -0.39 is 10.0 Å². The Balaban J connectivity index is 2.17. The summed E-state index contributed by atoms with van der Waals surface area (Å²) in [6.45, 7) is 3.04. The van der Waals surface area contributed by atoms with Crippen LogP contribution in [0.1, 0.15) is 32.6 Å². The summed E-state index contributed by atoms with van der Waals surface area (Å²) in [5.74, 6) is 0. The number of para-hydroxylation sites is 1. The van der Waals surface area contributed by atoms with Crippen LogP contribution in [0.5, 0.6) is 0 Å². The first-order valence-corrected chi connectivity index (χ1v) is 8.02. The Hall–Kier alpha value is -1.27. The third-order valence-electron chi connectivity index (χ3n) is 3.89. The van der Waals surface area contributed by atoms with E-state index in [2.05, 4.69) is 12.2 Å². The molecule has 1 saturated carbocycles. The number of anilines is 2. The number of hydrogen-bond acceptors (Lipinski definition) is 4. The summed E-state index contributed by atoms with van der Waals surface area (Å²) in [5.41, 5.74) is 6.98. The molecule has 5 N–H and O–H groups in total. The zero-order valence-corrected chi connectivity index (χ0v) is 12.0. The maximum atomic E-state index is 11.4. The van der Waals surface area contributed by atoms with Crippen LogP contribution in [0.3, 0.4) is 0 Å². The van der Waals surface area contributed by atoms with Crippen molar-refractivity contribution in [2.24, 2.45) is 10.6 Å². The van der Waals surface area contributed by atoms with E-state index >= 15 is 0 Å². The number of primary sulfonamides is 1. The van der Waals surface area contributed by atoms with Crippen molar-refractivity contribution in [2.45, 2.75) is 37.5 Å². The van der Waals surface area contributed by atoms with Crippen molar-refractivity contribution in [3.05, 3.63) is 18.2 Å². The van der Waals surface area contributed by atoms with Crippen LogP contribution >= 0.6 is 0 Å². The van der Waals surface area contributed by atoms with Gasteiger partial charge in [0.25, 0.3) is 0 Å². The molecule has 2 rings (SSSR count). The average Bonchev–Trinajstić information content (AvgIpc) is 2.74.